The lowest BCUT2D eigenvalue weighted by molar-refractivity contribution is -0.363. The van der Waals surface area contributed by atoms with E-state index < -0.39 is 32.7 Å². The first-order chi connectivity index (χ1) is 7.16. The Morgan fingerprint density at radius 3 is 1.71 bits per heavy atom. The molecule has 0 aromatic rings. The smallest absolute Gasteiger partial charge is 0.299 e. The van der Waals surface area contributed by atoms with Crippen molar-refractivity contribution in [2.24, 2.45) is 0 Å². The maximum atomic E-state index is 12.2. The zero-order valence-corrected chi connectivity index (χ0v) is 8.80. The van der Waals surface area contributed by atoms with Gasteiger partial charge in [-0.1, -0.05) is 0 Å². The molecule has 1 unspecified atom stereocenters. The zero-order chi connectivity index (χ0) is 14.1. The fourth-order valence-corrected chi connectivity index (χ4v) is 1.43. The summed E-state index contributed by atoms with van der Waals surface area (Å²) in [6.45, 7) is -2.20. The van der Waals surface area contributed by atoms with E-state index in [4.69, 9.17) is 0 Å². The molecule has 0 radical (unpaired) electrons. The quantitative estimate of drug-likeness (QED) is 0.588. The van der Waals surface area contributed by atoms with E-state index in [9.17, 15) is 39.7 Å². The number of rotatable bonds is 4. The zero-order valence-electron chi connectivity index (χ0n) is 7.90. The first-order valence-corrected chi connectivity index (χ1v) is 5.59. The van der Waals surface area contributed by atoms with Crippen LogP contribution in [0.2, 0.25) is 0 Å². The van der Waals surface area contributed by atoms with E-state index in [1.807, 2.05) is 0 Å². The third kappa shape index (κ3) is 6.18. The van der Waals surface area contributed by atoms with Gasteiger partial charge < -0.3 is 0 Å². The molecular formula is C5H5F8O3P. The van der Waals surface area contributed by atoms with Crippen molar-refractivity contribution in [3.05, 3.63) is 0 Å². The van der Waals surface area contributed by atoms with E-state index in [1.54, 1.807) is 0 Å². The van der Waals surface area contributed by atoms with Crippen LogP contribution in [-0.2, 0) is 13.6 Å². The Labute approximate surface area is 89.2 Å². The minimum atomic E-state index is -6.21. The van der Waals surface area contributed by atoms with Gasteiger partial charge in [-0.05, 0) is 0 Å². The molecule has 0 rings (SSSR count). The summed E-state index contributed by atoms with van der Waals surface area (Å²) < 4.78 is 111. The Morgan fingerprint density at radius 1 is 1.00 bits per heavy atom. The van der Waals surface area contributed by atoms with E-state index in [0.29, 0.717) is 0 Å². The molecule has 0 aliphatic carbocycles. The second kappa shape index (κ2) is 4.69. The van der Waals surface area contributed by atoms with Crippen LogP contribution in [0.15, 0.2) is 0 Å². The van der Waals surface area contributed by atoms with Crippen LogP contribution in [0.25, 0.3) is 0 Å². The van der Waals surface area contributed by atoms with Crippen molar-refractivity contribution in [1.29, 1.82) is 0 Å². The minimum absolute atomic E-state index is 0.0678. The summed E-state index contributed by atoms with van der Waals surface area (Å²) in [5.41, 5.74) is 0. The van der Waals surface area contributed by atoms with Crippen LogP contribution in [0.4, 0.5) is 35.1 Å². The van der Waals surface area contributed by atoms with Gasteiger partial charge in [-0.25, -0.2) is 4.52 Å². The van der Waals surface area contributed by atoms with Crippen LogP contribution in [0.1, 0.15) is 0 Å². The standard InChI is InChI=1S/C5H5F8O3P/c1-17(14,15-2-3(6,7)8)16-5(12,13)4(9,10)11/h2H2,1H3. The lowest BCUT2D eigenvalue weighted by atomic mass is 10.6. The van der Waals surface area contributed by atoms with Gasteiger partial charge in [0.1, 0.15) is 0 Å². The number of alkyl halides is 8. The summed E-state index contributed by atoms with van der Waals surface area (Å²) in [6.07, 6.45) is -17.1. The summed E-state index contributed by atoms with van der Waals surface area (Å²) >= 11 is 0. The molecule has 0 amide bonds. The SMILES string of the molecule is CP(=O)(OCC(F)(F)F)OC(F)(F)C(F)(F)F. The highest BCUT2D eigenvalue weighted by molar-refractivity contribution is 7.53. The van der Waals surface area contributed by atoms with Crippen LogP contribution in [0.3, 0.4) is 0 Å². The van der Waals surface area contributed by atoms with Crippen molar-refractivity contribution in [3.8, 4) is 0 Å². The van der Waals surface area contributed by atoms with Crippen LogP contribution >= 0.6 is 7.60 Å². The van der Waals surface area contributed by atoms with Crippen molar-refractivity contribution in [2.45, 2.75) is 18.5 Å². The third-order valence-corrected chi connectivity index (χ3v) is 2.23. The van der Waals surface area contributed by atoms with Gasteiger partial charge in [-0.2, -0.15) is 35.1 Å². The first-order valence-electron chi connectivity index (χ1n) is 3.60. The van der Waals surface area contributed by atoms with Gasteiger partial charge in [0, 0.05) is 6.66 Å². The predicted octanol–water partition coefficient (Wildman–Crippen LogP) is 3.56. The molecule has 0 N–H and O–H groups in total. The van der Waals surface area contributed by atoms with Gasteiger partial charge in [0.25, 0.3) is 0 Å². The Balaban J connectivity index is 4.61. The van der Waals surface area contributed by atoms with E-state index in [-0.39, 0.29) is 6.66 Å². The molecule has 0 spiro atoms. The van der Waals surface area contributed by atoms with Crippen molar-refractivity contribution >= 4 is 7.60 Å². The fourth-order valence-electron chi connectivity index (χ4n) is 0.477. The highest BCUT2D eigenvalue weighted by atomic mass is 31.2. The normalized spacial score (nSPS) is 17.9. The highest BCUT2D eigenvalue weighted by Gasteiger charge is 2.62. The monoisotopic (exact) mass is 296 g/mol. The van der Waals surface area contributed by atoms with Gasteiger partial charge in [0.05, 0.1) is 0 Å². The Kier molecular flexibility index (Phi) is 4.58. The van der Waals surface area contributed by atoms with Gasteiger partial charge in [-0.3, -0.25) is 9.09 Å². The van der Waals surface area contributed by atoms with Crippen molar-refractivity contribution in [2.75, 3.05) is 13.3 Å². The van der Waals surface area contributed by atoms with Crippen LogP contribution in [-0.4, -0.2) is 31.7 Å². The molecule has 0 saturated heterocycles. The third-order valence-electron chi connectivity index (χ3n) is 1.07. The van der Waals surface area contributed by atoms with Crippen molar-refractivity contribution in [3.63, 3.8) is 0 Å². The maximum Gasteiger partial charge on any atom is 0.483 e. The van der Waals surface area contributed by atoms with Gasteiger partial charge >= 0.3 is 26.1 Å². The first kappa shape index (κ1) is 16.6. The molecule has 0 bridgehead atoms. The van der Waals surface area contributed by atoms with Gasteiger partial charge in [0.15, 0.2) is 6.61 Å². The van der Waals surface area contributed by atoms with E-state index in [2.05, 4.69) is 9.05 Å². The summed E-state index contributed by atoms with van der Waals surface area (Å²) in [6, 6.07) is 0. The largest absolute Gasteiger partial charge is 0.483 e. The van der Waals surface area contributed by atoms with Crippen molar-refractivity contribution in [1.82, 2.24) is 0 Å². The Bertz CT molecular complexity index is 307. The van der Waals surface area contributed by atoms with Crippen LogP contribution in [0.5, 0.6) is 0 Å². The minimum Gasteiger partial charge on any atom is -0.299 e. The summed E-state index contributed by atoms with van der Waals surface area (Å²) in [5.74, 6) is 0. The highest BCUT2D eigenvalue weighted by Crippen LogP contribution is 2.53. The molecule has 0 aliphatic rings. The average molecular weight is 296 g/mol. The Hall–Kier alpha value is -0.410. The predicted molar refractivity (Wildman–Crippen MR) is 37.6 cm³/mol. The lowest BCUT2D eigenvalue weighted by Crippen LogP contribution is -2.38. The molecule has 0 aliphatic heterocycles. The number of halogens is 8. The molecule has 104 valence electrons. The number of hydrogen-bond acceptors (Lipinski definition) is 3. The van der Waals surface area contributed by atoms with E-state index in [0.717, 1.165) is 0 Å². The molecule has 3 nitrogen and oxygen atoms in total. The second-order valence-corrected chi connectivity index (χ2v) is 4.75. The molecule has 0 heterocycles. The van der Waals surface area contributed by atoms with E-state index in [1.165, 1.54) is 0 Å². The molecule has 0 saturated carbocycles. The van der Waals surface area contributed by atoms with Gasteiger partial charge in [-0.15, -0.1) is 0 Å². The van der Waals surface area contributed by atoms with Crippen LogP contribution in [0, 0.1) is 0 Å². The molecule has 1 atom stereocenters. The van der Waals surface area contributed by atoms with E-state index >= 15 is 0 Å². The average Bonchev–Trinajstić information content (AvgIpc) is 1.95. The van der Waals surface area contributed by atoms with Crippen LogP contribution < -0.4 is 0 Å². The lowest BCUT2D eigenvalue weighted by Gasteiger charge is -2.23. The molecule has 12 heteroatoms. The molecule has 0 aromatic carbocycles. The molecule has 0 fully saturated rings. The Morgan fingerprint density at radius 2 is 1.41 bits per heavy atom. The molecular weight excluding hydrogens is 291 g/mol. The summed E-state index contributed by atoms with van der Waals surface area (Å²) in [7, 11) is -5.20. The van der Waals surface area contributed by atoms with Gasteiger partial charge in [0.2, 0.25) is 0 Å². The summed E-state index contributed by atoms with van der Waals surface area (Å²) in [5, 5.41) is 0. The summed E-state index contributed by atoms with van der Waals surface area (Å²) in [4.78, 5) is 0. The molecule has 0 aromatic heterocycles. The second-order valence-electron chi connectivity index (χ2n) is 2.77. The van der Waals surface area contributed by atoms with Crippen molar-refractivity contribution < 1.29 is 48.7 Å². The fraction of sp³-hybridized carbons (Fsp3) is 1.00. The number of hydrogen-bond donors (Lipinski definition) is 0. The topological polar surface area (TPSA) is 35.5 Å². The molecule has 17 heavy (non-hydrogen) atoms. The maximum absolute atomic E-state index is 12.2.